The molecule has 0 amide bonds. The third-order valence-corrected chi connectivity index (χ3v) is 5.05. The molecule has 5 nitrogen and oxygen atoms in total. The molecule has 1 heterocycles. The number of rotatable bonds is 8. The molecule has 0 atom stereocenters. The number of fused-ring (bicyclic) bond motifs is 1. The van der Waals surface area contributed by atoms with Gasteiger partial charge in [-0.3, -0.25) is 0 Å². The van der Waals surface area contributed by atoms with Crippen molar-refractivity contribution in [2.75, 3.05) is 11.6 Å². The third-order valence-electron chi connectivity index (χ3n) is 5.05. The van der Waals surface area contributed by atoms with Crippen LogP contribution in [0.4, 0.5) is 11.4 Å². The fourth-order valence-corrected chi connectivity index (χ4v) is 3.46. The molecule has 4 aromatic rings. The number of carbonyl (C=O) groups excluding carboxylic acids is 1. The summed E-state index contributed by atoms with van der Waals surface area (Å²) in [5.41, 5.74) is 4.41. The minimum absolute atomic E-state index is 0.279. The summed E-state index contributed by atoms with van der Waals surface area (Å²) in [6.45, 7) is 6.10. The summed E-state index contributed by atoms with van der Waals surface area (Å²) >= 11 is 0. The van der Waals surface area contributed by atoms with Crippen molar-refractivity contribution in [3.63, 3.8) is 0 Å². The number of hydrogen-bond donors (Lipinski definition) is 0. The molecule has 0 bridgehead atoms. The second-order valence-corrected chi connectivity index (χ2v) is 7.44. The molecule has 5 heteroatoms. The van der Waals surface area contributed by atoms with Crippen LogP contribution in [0.2, 0.25) is 0 Å². The van der Waals surface area contributed by atoms with Gasteiger partial charge in [0.1, 0.15) is 6.61 Å². The Labute approximate surface area is 187 Å². The molecule has 0 saturated heterocycles. The van der Waals surface area contributed by atoms with E-state index in [0.717, 1.165) is 27.8 Å². The summed E-state index contributed by atoms with van der Waals surface area (Å²) in [5.74, 6) is -0.371. The predicted octanol–water partition coefficient (Wildman–Crippen LogP) is 5.93. The van der Waals surface area contributed by atoms with Gasteiger partial charge in [0.15, 0.2) is 0 Å². The molecule has 0 aliphatic heterocycles. The Bertz CT molecular complexity index is 1200. The summed E-state index contributed by atoms with van der Waals surface area (Å²) in [5, 5.41) is 7.83. The van der Waals surface area contributed by atoms with Crippen LogP contribution in [0.15, 0.2) is 108 Å². The zero-order valence-corrected chi connectivity index (χ0v) is 18.0. The fraction of sp³-hybridized carbons (Fsp3) is 0.111. The molecule has 0 saturated carbocycles. The lowest BCUT2D eigenvalue weighted by Gasteiger charge is -2.19. The van der Waals surface area contributed by atoms with Crippen LogP contribution in [0.25, 0.3) is 10.9 Å². The van der Waals surface area contributed by atoms with Crippen LogP contribution in [-0.2, 0) is 16.1 Å². The molecule has 0 N–H and O–H groups in total. The lowest BCUT2D eigenvalue weighted by Crippen LogP contribution is -2.11. The molecule has 0 aliphatic carbocycles. The Hall–Kier alpha value is -4.12. The van der Waals surface area contributed by atoms with Crippen molar-refractivity contribution in [3.8, 4) is 0 Å². The zero-order valence-electron chi connectivity index (χ0n) is 18.0. The average Bonchev–Trinajstić information content (AvgIpc) is 3.18. The minimum Gasteiger partial charge on any atom is -0.460 e. The van der Waals surface area contributed by atoms with Gasteiger partial charge in [0.2, 0.25) is 0 Å². The van der Waals surface area contributed by atoms with Crippen molar-refractivity contribution in [1.82, 2.24) is 4.57 Å². The molecular weight excluding hydrogens is 398 g/mol. The van der Waals surface area contributed by atoms with Crippen LogP contribution < -0.4 is 5.01 Å². The minimum atomic E-state index is -0.371. The number of hydrazone groups is 1. The molecule has 1 aromatic heterocycles. The highest BCUT2D eigenvalue weighted by Gasteiger charge is 2.10. The summed E-state index contributed by atoms with van der Waals surface area (Å²) < 4.78 is 7.36. The van der Waals surface area contributed by atoms with E-state index in [4.69, 9.17) is 9.84 Å². The Kier molecular flexibility index (Phi) is 6.46. The molecule has 4 rings (SSSR count). The van der Waals surface area contributed by atoms with Crippen LogP contribution in [0.5, 0.6) is 0 Å². The number of esters is 1. The number of hydrogen-bond acceptors (Lipinski definition) is 4. The molecule has 32 heavy (non-hydrogen) atoms. The normalized spacial score (nSPS) is 11.0. The Balaban J connectivity index is 1.64. The van der Waals surface area contributed by atoms with E-state index in [1.807, 2.05) is 90.2 Å². The van der Waals surface area contributed by atoms with Crippen molar-refractivity contribution in [2.24, 2.45) is 5.10 Å². The average molecular weight is 424 g/mol. The molecule has 0 unspecified atom stereocenters. The van der Waals surface area contributed by atoms with Crippen molar-refractivity contribution in [3.05, 3.63) is 109 Å². The topological polar surface area (TPSA) is 46.8 Å². The Morgan fingerprint density at radius 3 is 2.19 bits per heavy atom. The van der Waals surface area contributed by atoms with Crippen LogP contribution in [0.3, 0.4) is 0 Å². The van der Waals surface area contributed by atoms with Gasteiger partial charge in [0.05, 0.1) is 24.1 Å². The first kappa shape index (κ1) is 21.1. The fourth-order valence-electron chi connectivity index (χ4n) is 3.46. The summed E-state index contributed by atoms with van der Waals surface area (Å²) in [6, 6.07) is 28.2. The van der Waals surface area contributed by atoms with E-state index in [0.29, 0.717) is 12.1 Å². The molecule has 160 valence electrons. The highest BCUT2D eigenvalue weighted by molar-refractivity contribution is 6.00. The molecule has 0 aliphatic rings. The maximum Gasteiger partial charge on any atom is 0.333 e. The summed E-state index contributed by atoms with van der Waals surface area (Å²) in [6.07, 6.45) is 3.91. The van der Waals surface area contributed by atoms with E-state index < -0.39 is 0 Å². The van der Waals surface area contributed by atoms with E-state index in [2.05, 4.69) is 23.3 Å². The molecular formula is C27H25N3O2. The van der Waals surface area contributed by atoms with Gasteiger partial charge in [-0.1, -0.05) is 61.2 Å². The van der Waals surface area contributed by atoms with Gasteiger partial charge in [-0.05, 0) is 37.3 Å². The highest BCUT2D eigenvalue weighted by atomic mass is 16.5. The first-order chi connectivity index (χ1) is 15.6. The van der Waals surface area contributed by atoms with Crippen molar-refractivity contribution >= 4 is 34.5 Å². The predicted molar refractivity (Wildman–Crippen MR) is 130 cm³/mol. The maximum absolute atomic E-state index is 11.7. The summed E-state index contributed by atoms with van der Waals surface area (Å²) in [4.78, 5) is 11.7. The van der Waals surface area contributed by atoms with Crippen LogP contribution in [0.1, 0.15) is 12.5 Å². The molecule has 0 spiro atoms. The Morgan fingerprint density at radius 1 is 0.969 bits per heavy atom. The smallest absolute Gasteiger partial charge is 0.333 e. The van der Waals surface area contributed by atoms with Gasteiger partial charge in [0, 0.05) is 28.2 Å². The monoisotopic (exact) mass is 423 g/mol. The SMILES string of the molecule is C=C(C)C(=O)OCCn1cc(/C=N/N(c2ccccc2)c2ccccc2)c2ccccc21. The van der Waals surface area contributed by atoms with Gasteiger partial charge >= 0.3 is 5.97 Å². The van der Waals surface area contributed by atoms with E-state index in [1.54, 1.807) is 6.92 Å². The van der Waals surface area contributed by atoms with Gasteiger partial charge in [-0.2, -0.15) is 5.10 Å². The number of ether oxygens (including phenoxy) is 1. The van der Waals surface area contributed by atoms with Gasteiger partial charge in [-0.15, -0.1) is 0 Å². The van der Waals surface area contributed by atoms with E-state index in [9.17, 15) is 4.79 Å². The number of anilines is 2. The van der Waals surface area contributed by atoms with E-state index in [-0.39, 0.29) is 12.6 Å². The van der Waals surface area contributed by atoms with Crippen LogP contribution in [-0.4, -0.2) is 23.4 Å². The number of aromatic nitrogens is 1. The second kappa shape index (κ2) is 9.79. The largest absolute Gasteiger partial charge is 0.460 e. The molecule has 0 fully saturated rings. The third kappa shape index (κ3) is 4.78. The highest BCUT2D eigenvalue weighted by Crippen LogP contribution is 2.26. The molecule has 0 radical (unpaired) electrons. The van der Waals surface area contributed by atoms with Gasteiger partial charge < -0.3 is 9.30 Å². The number of para-hydroxylation sites is 3. The number of carbonyl (C=O) groups is 1. The van der Waals surface area contributed by atoms with Crippen molar-refractivity contribution < 1.29 is 9.53 Å². The van der Waals surface area contributed by atoms with Gasteiger partial charge in [0.25, 0.3) is 0 Å². The summed E-state index contributed by atoms with van der Waals surface area (Å²) in [7, 11) is 0. The second-order valence-electron chi connectivity index (χ2n) is 7.44. The quantitative estimate of drug-likeness (QED) is 0.153. The molecule has 3 aromatic carbocycles. The number of nitrogens with zero attached hydrogens (tertiary/aromatic N) is 3. The van der Waals surface area contributed by atoms with Crippen LogP contribution in [0, 0.1) is 0 Å². The van der Waals surface area contributed by atoms with E-state index in [1.165, 1.54) is 0 Å². The Morgan fingerprint density at radius 2 is 1.56 bits per heavy atom. The maximum atomic E-state index is 11.7. The van der Waals surface area contributed by atoms with Gasteiger partial charge in [-0.25, -0.2) is 9.80 Å². The van der Waals surface area contributed by atoms with Crippen molar-refractivity contribution in [2.45, 2.75) is 13.5 Å². The zero-order chi connectivity index (χ0) is 22.3. The van der Waals surface area contributed by atoms with Crippen molar-refractivity contribution in [1.29, 1.82) is 0 Å². The first-order valence-corrected chi connectivity index (χ1v) is 10.5. The van der Waals surface area contributed by atoms with Crippen LogP contribution >= 0.6 is 0 Å². The lowest BCUT2D eigenvalue weighted by molar-refractivity contribution is -0.139. The first-order valence-electron chi connectivity index (χ1n) is 10.5. The van der Waals surface area contributed by atoms with E-state index >= 15 is 0 Å². The lowest BCUT2D eigenvalue weighted by atomic mass is 10.2. The standard InChI is InChI=1S/C27H25N3O2/c1-21(2)27(31)32-18-17-29-20-22(25-15-9-10-16-26(25)29)19-28-30(23-11-5-3-6-12-23)24-13-7-4-8-14-24/h3-16,19-20H,1,17-18H2,2H3/b28-19+. The number of benzene rings is 3.